The molecule has 0 aliphatic rings. The molecular weight excluding hydrogens is 488 g/mol. The number of rotatable bonds is 9. The molecule has 10 nitrogen and oxygen atoms in total. The number of esters is 1. The second kappa shape index (κ2) is 11.3. The van der Waals surface area contributed by atoms with E-state index >= 15 is 0 Å². The van der Waals surface area contributed by atoms with Crippen LogP contribution in [-0.2, 0) is 27.1 Å². The summed E-state index contributed by atoms with van der Waals surface area (Å²) < 4.78 is 6.87. The fraction of sp³-hybridized carbons (Fsp3) is 0.300. The average molecular weight is 509 g/mol. The van der Waals surface area contributed by atoms with Gasteiger partial charge in [-0.05, 0) is 24.6 Å². The first-order chi connectivity index (χ1) is 15.8. The summed E-state index contributed by atoms with van der Waals surface area (Å²) in [4.78, 5) is 36.4. The van der Waals surface area contributed by atoms with Gasteiger partial charge >= 0.3 is 5.97 Å². The molecule has 174 valence electrons. The number of benzene rings is 1. The molecule has 2 heterocycles. The lowest BCUT2D eigenvalue weighted by Gasteiger charge is -2.06. The zero-order chi connectivity index (χ0) is 24.0. The molecule has 33 heavy (non-hydrogen) atoms. The fourth-order valence-electron chi connectivity index (χ4n) is 2.65. The second-order valence-electron chi connectivity index (χ2n) is 6.81. The van der Waals surface area contributed by atoms with Crippen LogP contribution in [0.3, 0.4) is 0 Å². The van der Waals surface area contributed by atoms with Gasteiger partial charge in [-0.15, -0.1) is 10.2 Å². The Labute approximate surface area is 203 Å². The summed E-state index contributed by atoms with van der Waals surface area (Å²) in [7, 11) is 2.88. The molecule has 3 aromatic rings. The van der Waals surface area contributed by atoms with Gasteiger partial charge < -0.3 is 15.4 Å². The lowest BCUT2D eigenvalue weighted by Crippen LogP contribution is -2.18. The average Bonchev–Trinajstić information content (AvgIpc) is 3.36. The quantitative estimate of drug-likeness (QED) is 0.254. The maximum Gasteiger partial charge on any atom is 0.360 e. The van der Waals surface area contributed by atoms with E-state index in [1.807, 2.05) is 24.3 Å². The SMILES string of the molecule is COC(=O)c1nn(C)c(C)c1NC(=O)CCC(=O)Nc1nnc(SCc2ccc(Cl)cc2)s1. The van der Waals surface area contributed by atoms with Crippen LogP contribution in [0.5, 0.6) is 0 Å². The Hall–Kier alpha value is -2.96. The number of nitrogens with zero attached hydrogens (tertiary/aromatic N) is 4. The highest BCUT2D eigenvalue weighted by Crippen LogP contribution is 2.28. The molecule has 0 atom stereocenters. The number of carbonyl (C=O) groups excluding carboxylic acids is 3. The molecule has 0 spiro atoms. The molecule has 0 fully saturated rings. The van der Waals surface area contributed by atoms with Gasteiger partial charge in [-0.25, -0.2) is 4.79 Å². The number of nitrogens with one attached hydrogen (secondary N) is 2. The maximum atomic E-state index is 12.3. The predicted molar refractivity (Wildman–Crippen MR) is 127 cm³/mol. The van der Waals surface area contributed by atoms with E-state index in [1.165, 1.54) is 34.9 Å². The zero-order valence-corrected chi connectivity index (χ0v) is 20.4. The lowest BCUT2D eigenvalue weighted by molar-refractivity contribution is -0.121. The van der Waals surface area contributed by atoms with Gasteiger partial charge in [-0.2, -0.15) is 5.10 Å². The van der Waals surface area contributed by atoms with Crippen molar-refractivity contribution in [3.8, 4) is 0 Å². The monoisotopic (exact) mass is 508 g/mol. The number of methoxy groups -OCH3 is 1. The van der Waals surface area contributed by atoms with Gasteiger partial charge in [0.15, 0.2) is 10.0 Å². The normalized spacial score (nSPS) is 10.7. The largest absolute Gasteiger partial charge is 0.464 e. The van der Waals surface area contributed by atoms with Gasteiger partial charge in [-0.3, -0.25) is 14.3 Å². The van der Waals surface area contributed by atoms with E-state index in [4.69, 9.17) is 16.3 Å². The van der Waals surface area contributed by atoms with E-state index in [0.29, 0.717) is 25.9 Å². The van der Waals surface area contributed by atoms with Crippen LogP contribution < -0.4 is 10.6 Å². The van der Waals surface area contributed by atoms with Gasteiger partial charge in [0.1, 0.15) is 0 Å². The van der Waals surface area contributed by atoms with Crippen molar-refractivity contribution in [1.29, 1.82) is 0 Å². The summed E-state index contributed by atoms with van der Waals surface area (Å²) in [6.07, 6.45) is -0.150. The Bertz CT molecular complexity index is 1160. The first-order valence-corrected chi connectivity index (χ1v) is 11.9. The highest BCUT2D eigenvalue weighted by atomic mass is 35.5. The summed E-state index contributed by atoms with van der Waals surface area (Å²) in [5.41, 5.74) is 1.95. The first kappa shape index (κ1) is 24.7. The van der Waals surface area contributed by atoms with E-state index in [-0.39, 0.29) is 30.1 Å². The number of carbonyl (C=O) groups is 3. The number of thioether (sulfide) groups is 1. The third kappa shape index (κ3) is 6.76. The standard InChI is InChI=1S/C20H21ClN6O4S2/c1-11-16(17(18(30)31-3)26-27(11)2)22-14(28)8-9-15(29)23-19-24-25-20(33-19)32-10-12-4-6-13(21)7-5-12/h4-7H,8-10H2,1-3H3,(H,22,28)(H,23,24,29). The third-order valence-electron chi connectivity index (χ3n) is 4.48. The summed E-state index contributed by atoms with van der Waals surface area (Å²) in [5, 5.41) is 18.4. The van der Waals surface area contributed by atoms with Crippen LogP contribution >= 0.6 is 34.7 Å². The summed E-state index contributed by atoms with van der Waals surface area (Å²) >= 11 is 8.63. The molecule has 3 rings (SSSR count). The molecule has 0 saturated carbocycles. The highest BCUT2D eigenvalue weighted by Gasteiger charge is 2.22. The third-order valence-corrected chi connectivity index (χ3v) is 6.78. The van der Waals surface area contributed by atoms with Crippen LogP contribution in [0.4, 0.5) is 10.8 Å². The molecule has 2 N–H and O–H groups in total. The van der Waals surface area contributed by atoms with Crippen molar-refractivity contribution >= 4 is 63.3 Å². The van der Waals surface area contributed by atoms with E-state index in [1.54, 1.807) is 14.0 Å². The summed E-state index contributed by atoms with van der Waals surface area (Å²) in [6.45, 7) is 1.71. The number of aryl methyl sites for hydroxylation is 1. The van der Waals surface area contributed by atoms with Gasteiger partial charge in [-0.1, -0.05) is 46.8 Å². The van der Waals surface area contributed by atoms with Gasteiger partial charge in [0.25, 0.3) is 0 Å². The molecule has 1 aromatic carbocycles. The maximum absolute atomic E-state index is 12.3. The van der Waals surface area contributed by atoms with Crippen molar-refractivity contribution in [3.05, 3.63) is 46.2 Å². The minimum atomic E-state index is -0.659. The predicted octanol–water partition coefficient (Wildman–Crippen LogP) is 3.67. The molecular formula is C20H21ClN6O4S2. The van der Waals surface area contributed by atoms with Gasteiger partial charge in [0.05, 0.1) is 18.5 Å². The second-order valence-corrected chi connectivity index (χ2v) is 9.45. The minimum Gasteiger partial charge on any atom is -0.464 e. The molecule has 0 bridgehead atoms. The van der Waals surface area contributed by atoms with E-state index in [9.17, 15) is 14.4 Å². The molecule has 0 unspecified atom stereocenters. The summed E-state index contributed by atoms with van der Waals surface area (Å²) in [6, 6.07) is 7.52. The van der Waals surface area contributed by atoms with Gasteiger partial charge in [0, 0.05) is 30.7 Å². The highest BCUT2D eigenvalue weighted by molar-refractivity contribution is 8.00. The van der Waals surface area contributed by atoms with Crippen LogP contribution in [0.15, 0.2) is 28.6 Å². The van der Waals surface area contributed by atoms with Gasteiger partial charge in [0.2, 0.25) is 16.9 Å². The van der Waals surface area contributed by atoms with Crippen molar-refractivity contribution in [3.63, 3.8) is 0 Å². The van der Waals surface area contributed by atoms with Crippen molar-refractivity contribution in [2.45, 2.75) is 29.9 Å². The van der Waals surface area contributed by atoms with E-state index in [0.717, 1.165) is 5.56 Å². The smallest absolute Gasteiger partial charge is 0.360 e. The molecule has 0 aliphatic carbocycles. The van der Waals surface area contributed by atoms with Crippen LogP contribution in [0.2, 0.25) is 5.02 Å². The molecule has 2 amide bonds. The molecule has 0 saturated heterocycles. The Kier molecular flexibility index (Phi) is 8.42. The van der Waals surface area contributed by atoms with Crippen LogP contribution in [0.25, 0.3) is 0 Å². The van der Waals surface area contributed by atoms with Crippen molar-refractivity contribution in [1.82, 2.24) is 20.0 Å². The molecule has 0 aliphatic heterocycles. The number of hydrogen-bond donors (Lipinski definition) is 2. The number of halogens is 1. The van der Waals surface area contributed by atoms with E-state index < -0.39 is 11.9 Å². The Balaban J connectivity index is 1.47. The number of ether oxygens (including phenoxy) is 1. The van der Waals surface area contributed by atoms with E-state index in [2.05, 4.69) is 25.9 Å². The van der Waals surface area contributed by atoms with Crippen LogP contribution in [0, 0.1) is 6.92 Å². The molecule has 2 aromatic heterocycles. The number of amides is 2. The molecule has 0 radical (unpaired) electrons. The van der Waals surface area contributed by atoms with Crippen molar-refractivity contribution < 1.29 is 19.1 Å². The Morgan fingerprint density at radius 3 is 2.45 bits per heavy atom. The topological polar surface area (TPSA) is 128 Å². The number of anilines is 2. The van der Waals surface area contributed by atoms with Crippen molar-refractivity contribution in [2.75, 3.05) is 17.7 Å². The first-order valence-electron chi connectivity index (χ1n) is 9.69. The number of aromatic nitrogens is 4. The fourth-order valence-corrected chi connectivity index (χ4v) is 4.50. The zero-order valence-electron chi connectivity index (χ0n) is 18.0. The van der Waals surface area contributed by atoms with Crippen molar-refractivity contribution in [2.24, 2.45) is 7.05 Å². The Morgan fingerprint density at radius 1 is 1.12 bits per heavy atom. The summed E-state index contributed by atoms with van der Waals surface area (Å²) in [5.74, 6) is -0.761. The Morgan fingerprint density at radius 2 is 1.79 bits per heavy atom. The lowest BCUT2D eigenvalue weighted by atomic mass is 10.2. The van der Waals surface area contributed by atoms with Crippen LogP contribution in [0.1, 0.15) is 34.6 Å². The minimum absolute atomic E-state index is 0.00721. The molecule has 13 heteroatoms. The van der Waals surface area contributed by atoms with Crippen LogP contribution in [-0.4, -0.2) is 44.9 Å². The number of hydrogen-bond acceptors (Lipinski definition) is 9.